The lowest BCUT2D eigenvalue weighted by atomic mass is 9.97. The molecule has 0 fully saturated rings. The molecule has 0 aromatic rings. The normalized spacial score (nSPS) is 13.0. The molecular weight excluding hydrogens is 200 g/mol. The fourth-order valence-corrected chi connectivity index (χ4v) is 1.91. The molecule has 0 aliphatic rings. The van der Waals surface area contributed by atoms with E-state index >= 15 is 0 Å². The molecule has 0 saturated carbocycles. The number of unbranched alkanes of at least 4 members (excludes halogenated alkanes) is 3. The van der Waals surface area contributed by atoms with Crippen LogP contribution in [-0.2, 0) is 4.79 Å². The Hall–Kier alpha value is -0.530. The van der Waals surface area contributed by atoms with Gasteiger partial charge in [-0.1, -0.05) is 59.3 Å². The Morgan fingerprint density at radius 3 is 2.00 bits per heavy atom. The Morgan fingerprint density at radius 1 is 0.938 bits per heavy atom. The second-order valence-corrected chi connectivity index (χ2v) is 5.42. The summed E-state index contributed by atoms with van der Waals surface area (Å²) >= 11 is 0. The lowest BCUT2D eigenvalue weighted by Gasteiger charge is -2.09. The number of carbonyl (C=O) groups is 1. The first-order valence-electron chi connectivity index (χ1n) is 6.74. The molecule has 0 aliphatic heterocycles. The van der Waals surface area contributed by atoms with Crippen molar-refractivity contribution in [2.75, 3.05) is 0 Å². The van der Waals surface area contributed by atoms with Crippen LogP contribution in [0.2, 0.25) is 0 Å². The maximum atomic E-state index is 10.4. The predicted octanol–water partition coefficient (Wildman–Crippen LogP) is 4.48. The molecule has 2 nitrogen and oxygen atoms in total. The van der Waals surface area contributed by atoms with E-state index in [0.29, 0.717) is 12.3 Å². The fraction of sp³-hybridized carbons (Fsp3) is 0.929. The molecule has 0 radical (unpaired) electrons. The molecule has 0 rings (SSSR count). The molecule has 0 aromatic carbocycles. The third kappa shape index (κ3) is 11.5. The van der Waals surface area contributed by atoms with Crippen molar-refractivity contribution in [2.45, 2.75) is 72.1 Å². The average Bonchev–Trinajstić information content (AvgIpc) is 2.19. The van der Waals surface area contributed by atoms with Gasteiger partial charge in [0.15, 0.2) is 0 Å². The maximum Gasteiger partial charge on any atom is 0.303 e. The second-order valence-electron chi connectivity index (χ2n) is 5.42. The number of hydrogen-bond acceptors (Lipinski definition) is 1. The van der Waals surface area contributed by atoms with Crippen molar-refractivity contribution in [1.29, 1.82) is 0 Å². The monoisotopic (exact) mass is 228 g/mol. The van der Waals surface area contributed by atoms with Crippen molar-refractivity contribution in [3.05, 3.63) is 0 Å². The van der Waals surface area contributed by atoms with Crippen molar-refractivity contribution in [3.63, 3.8) is 0 Å². The average molecular weight is 228 g/mol. The third-order valence-electron chi connectivity index (χ3n) is 3.08. The van der Waals surface area contributed by atoms with E-state index < -0.39 is 5.97 Å². The zero-order valence-corrected chi connectivity index (χ0v) is 11.2. The second kappa shape index (κ2) is 9.68. The highest BCUT2D eigenvalue weighted by Crippen LogP contribution is 2.16. The molecule has 0 unspecified atom stereocenters. The maximum absolute atomic E-state index is 10.4. The van der Waals surface area contributed by atoms with Gasteiger partial charge in [-0.2, -0.15) is 0 Å². The van der Waals surface area contributed by atoms with Gasteiger partial charge in [0.25, 0.3) is 0 Å². The van der Waals surface area contributed by atoms with Crippen molar-refractivity contribution < 1.29 is 9.90 Å². The van der Waals surface area contributed by atoms with Crippen LogP contribution in [0.4, 0.5) is 0 Å². The van der Waals surface area contributed by atoms with Gasteiger partial charge in [-0.3, -0.25) is 4.79 Å². The minimum atomic E-state index is -0.663. The molecule has 0 heterocycles. The first kappa shape index (κ1) is 15.5. The number of carboxylic acids is 1. The van der Waals surface area contributed by atoms with Crippen LogP contribution < -0.4 is 0 Å². The summed E-state index contributed by atoms with van der Waals surface area (Å²) in [5.41, 5.74) is 0. The molecule has 0 aliphatic carbocycles. The Morgan fingerprint density at radius 2 is 1.50 bits per heavy atom. The van der Waals surface area contributed by atoms with Crippen molar-refractivity contribution in [2.24, 2.45) is 11.8 Å². The van der Waals surface area contributed by atoms with E-state index in [9.17, 15) is 4.79 Å². The molecule has 0 aromatic heterocycles. The number of aliphatic carboxylic acids is 1. The Balaban J connectivity index is 3.21. The predicted molar refractivity (Wildman–Crippen MR) is 68.6 cm³/mol. The van der Waals surface area contributed by atoms with Gasteiger partial charge < -0.3 is 5.11 Å². The highest BCUT2D eigenvalue weighted by Gasteiger charge is 2.05. The fourth-order valence-electron chi connectivity index (χ4n) is 1.91. The smallest absolute Gasteiger partial charge is 0.303 e. The summed E-state index contributed by atoms with van der Waals surface area (Å²) < 4.78 is 0. The summed E-state index contributed by atoms with van der Waals surface area (Å²) in [6.45, 7) is 6.71. The van der Waals surface area contributed by atoms with Gasteiger partial charge in [0, 0.05) is 6.42 Å². The van der Waals surface area contributed by atoms with Crippen LogP contribution in [0.5, 0.6) is 0 Å². The van der Waals surface area contributed by atoms with Gasteiger partial charge in [0.1, 0.15) is 0 Å². The Labute approximate surface area is 100 Å². The molecule has 0 amide bonds. The highest BCUT2D eigenvalue weighted by atomic mass is 16.4. The summed E-state index contributed by atoms with van der Waals surface area (Å²) in [7, 11) is 0. The minimum absolute atomic E-state index is 0.328. The number of rotatable bonds is 10. The number of hydrogen-bond donors (Lipinski definition) is 1. The Bertz CT molecular complexity index is 176. The molecule has 1 N–H and O–H groups in total. The first-order chi connectivity index (χ1) is 7.52. The van der Waals surface area contributed by atoms with Crippen LogP contribution in [-0.4, -0.2) is 11.1 Å². The van der Waals surface area contributed by atoms with Gasteiger partial charge in [-0.15, -0.1) is 0 Å². The van der Waals surface area contributed by atoms with E-state index in [1.54, 1.807) is 0 Å². The molecule has 96 valence electrons. The van der Waals surface area contributed by atoms with Gasteiger partial charge in [-0.05, 0) is 18.3 Å². The van der Waals surface area contributed by atoms with Crippen LogP contribution in [0.15, 0.2) is 0 Å². The summed E-state index contributed by atoms with van der Waals surface area (Å²) in [5, 5.41) is 8.56. The number of carboxylic acid groups (broad SMARTS) is 1. The quantitative estimate of drug-likeness (QED) is 0.560. The van der Waals surface area contributed by atoms with E-state index in [1.165, 1.54) is 38.5 Å². The van der Waals surface area contributed by atoms with Gasteiger partial charge in [0.05, 0.1) is 0 Å². The van der Waals surface area contributed by atoms with Crippen LogP contribution in [0.3, 0.4) is 0 Å². The van der Waals surface area contributed by atoms with Crippen LogP contribution in [0.25, 0.3) is 0 Å². The van der Waals surface area contributed by atoms with Crippen LogP contribution >= 0.6 is 0 Å². The highest BCUT2D eigenvalue weighted by molar-refractivity contribution is 5.66. The zero-order valence-electron chi connectivity index (χ0n) is 11.2. The van der Waals surface area contributed by atoms with Gasteiger partial charge in [0.2, 0.25) is 0 Å². The van der Waals surface area contributed by atoms with E-state index in [1.807, 2.05) is 0 Å². The van der Waals surface area contributed by atoms with E-state index in [0.717, 1.165) is 12.3 Å². The van der Waals surface area contributed by atoms with Crippen molar-refractivity contribution in [1.82, 2.24) is 0 Å². The molecule has 0 saturated heterocycles. The lowest BCUT2D eigenvalue weighted by molar-refractivity contribution is -0.137. The standard InChI is InChI=1S/C14H28O2/c1-12(2)8-6-4-5-7-9-13(3)10-11-14(15)16/h12-13H,4-11H2,1-3H3,(H,15,16)/t13-/m1/s1. The summed E-state index contributed by atoms with van der Waals surface area (Å²) in [5.74, 6) is 0.736. The molecule has 1 atom stereocenters. The zero-order chi connectivity index (χ0) is 12.4. The van der Waals surface area contributed by atoms with E-state index in [2.05, 4.69) is 20.8 Å². The lowest BCUT2D eigenvalue weighted by Crippen LogP contribution is -2.01. The van der Waals surface area contributed by atoms with Crippen molar-refractivity contribution in [3.8, 4) is 0 Å². The molecular formula is C14H28O2. The SMILES string of the molecule is CC(C)CCCCCC[C@@H](C)CCC(=O)O. The molecule has 0 spiro atoms. The summed E-state index contributed by atoms with van der Waals surface area (Å²) in [6.07, 6.45) is 8.95. The first-order valence-corrected chi connectivity index (χ1v) is 6.74. The van der Waals surface area contributed by atoms with Gasteiger partial charge >= 0.3 is 5.97 Å². The summed E-state index contributed by atoms with van der Waals surface area (Å²) in [4.78, 5) is 10.4. The minimum Gasteiger partial charge on any atom is -0.481 e. The van der Waals surface area contributed by atoms with E-state index in [4.69, 9.17) is 5.11 Å². The van der Waals surface area contributed by atoms with Crippen molar-refractivity contribution >= 4 is 5.97 Å². The topological polar surface area (TPSA) is 37.3 Å². The van der Waals surface area contributed by atoms with Crippen LogP contribution in [0, 0.1) is 11.8 Å². The molecule has 0 bridgehead atoms. The summed E-state index contributed by atoms with van der Waals surface area (Å²) in [6, 6.07) is 0. The molecule has 16 heavy (non-hydrogen) atoms. The van der Waals surface area contributed by atoms with Gasteiger partial charge in [-0.25, -0.2) is 0 Å². The molecule has 2 heteroatoms. The van der Waals surface area contributed by atoms with Crippen LogP contribution in [0.1, 0.15) is 72.1 Å². The Kier molecular flexibility index (Phi) is 9.36. The van der Waals surface area contributed by atoms with E-state index in [-0.39, 0.29) is 0 Å². The largest absolute Gasteiger partial charge is 0.481 e. The third-order valence-corrected chi connectivity index (χ3v) is 3.08.